The van der Waals surface area contributed by atoms with Crippen molar-refractivity contribution in [3.05, 3.63) is 0 Å². The number of aliphatic hydroxyl groups excluding tert-OH is 1. The third-order valence-electron chi connectivity index (χ3n) is 4.63. The van der Waals surface area contributed by atoms with E-state index < -0.39 is 15.4 Å². The van der Waals surface area contributed by atoms with Crippen LogP contribution < -0.4 is 11.1 Å². The van der Waals surface area contributed by atoms with Crippen LogP contribution in [0.1, 0.15) is 38.5 Å². The molecule has 19 heavy (non-hydrogen) atoms. The second-order valence-corrected chi connectivity index (χ2v) is 8.34. The van der Waals surface area contributed by atoms with Crippen LogP contribution in [0.3, 0.4) is 0 Å². The second-order valence-electron chi connectivity index (χ2n) is 6.16. The van der Waals surface area contributed by atoms with Gasteiger partial charge in [0.15, 0.2) is 9.84 Å². The van der Waals surface area contributed by atoms with Gasteiger partial charge in [-0.15, -0.1) is 0 Å². The minimum atomic E-state index is -2.98. The first-order valence-corrected chi connectivity index (χ1v) is 9.11. The van der Waals surface area contributed by atoms with Gasteiger partial charge >= 0.3 is 0 Å². The van der Waals surface area contributed by atoms with E-state index in [2.05, 4.69) is 5.32 Å². The predicted molar refractivity (Wildman–Crippen MR) is 75.6 cm³/mol. The largest absolute Gasteiger partial charge is 0.396 e. The lowest BCUT2D eigenvalue weighted by atomic mass is 9.82. The molecule has 1 heterocycles. The molecule has 1 aliphatic heterocycles. The summed E-state index contributed by atoms with van der Waals surface area (Å²) in [6.07, 6.45) is 5.81. The van der Waals surface area contributed by atoms with E-state index in [9.17, 15) is 13.5 Å². The molecule has 1 saturated heterocycles. The SMILES string of the molecule is NCC1(NC2CCCCC2CO)CCCS(=O)(=O)C1. The van der Waals surface area contributed by atoms with Crippen molar-refractivity contribution >= 4 is 9.84 Å². The molecule has 1 saturated carbocycles. The van der Waals surface area contributed by atoms with Gasteiger partial charge in [-0.1, -0.05) is 12.8 Å². The first-order chi connectivity index (χ1) is 9.00. The smallest absolute Gasteiger partial charge is 0.152 e. The van der Waals surface area contributed by atoms with E-state index in [0.717, 1.165) is 32.1 Å². The standard InChI is InChI=1S/C13H26N2O3S/c14-9-13(6-3-7-19(17,18)10-13)15-12-5-2-1-4-11(12)8-16/h11-12,15-16H,1-10,14H2. The minimum absolute atomic E-state index is 0.144. The summed E-state index contributed by atoms with van der Waals surface area (Å²) < 4.78 is 23.7. The molecule has 0 amide bonds. The van der Waals surface area contributed by atoms with Gasteiger partial charge in [0.05, 0.1) is 11.5 Å². The lowest BCUT2D eigenvalue weighted by Crippen LogP contribution is -2.62. The van der Waals surface area contributed by atoms with Crippen molar-refractivity contribution in [1.82, 2.24) is 5.32 Å². The van der Waals surface area contributed by atoms with Crippen molar-refractivity contribution in [3.8, 4) is 0 Å². The highest BCUT2D eigenvalue weighted by Gasteiger charge is 2.40. The summed E-state index contributed by atoms with van der Waals surface area (Å²) in [5, 5.41) is 13.0. The van der Waals surface area contributed by atoms with Gasteiger partial charge in [-0.3, -0.25) is 0 Å². The van der Waals surface area contributed by atoms with Crippen LogP contribution in [-0.4, -0.2) is 49.8 Å². The van der Waals surface area contributed by atoms with Crippen LogP contribution in [0.25, 0.3) is 0 Å². The fourth-order valence-electron chi connectivity index (χ4n) is 3.54. The Kier molecular flexibility index (Phi) is 4.87. The topological polar surface area (TPSA) is 92.4 Å². The number of sulfone groups is 1. The zero-order valence-corrected chi connectivity index (χ0v) is 12.3. The molecule has 0 aromatic rings. The second kappa shape index (κ2) is 6.08. The van der Waals surface area contributed by atoms with Gasteiger partial charge in [0, 0.05) is 24.7 Å². The Labute approximate surface area is 115 Å². The summed E-state index contributed by atoms with van der Waals surface area (Å²) in [4.78, 5) is 0. The van der Waals surface area contributed by atoms with Crippen LogP contribution in [-0.2, 0) is 9.84 Å². The Morgan fingerprint density at radius 2 is 2.00 bits per heavy atom. The molecule has 112 valence electrons. The van der Waals surface area contributed by atoms with Crippen molar-refractivity contribution in [1.29, 1.82) is 0 Å². The molecular formula is C13H26N2O3S. The number of nitrogens with one attached hydrogen (secondary N) is 1. The zero-order chi connectivity index (χ0) is 13.9. The van der Waals surface area contributed by atoms with E-state index in [0.29, 0.717) is 13.0 Å². The molecule has 3 unspecified atom stereocenters. The summed E-state index contributed by atoms with van der Waals surface area (Å²) in [6, 6.07) is 0.204. The fourth-order valence-corrected chi connectivity index (χ4v) is 5.45. The van der Waals surface area contributed by atoms with E-state index in [1.54, 1.807) is 0 Å². The molecule has 4 N–H and O–H groups in total. The summed E-state index contributed by atoms with van der Waals surface area (Å²) in [7, 11) is -2.98. The van der Waals surface area contributed by atoms with Crippen LogP contribution in [0.4, 0.5) is 0 Å². The average Bonchev–Trinajstić information content (AvgIpc) is 2.38. The van der Waals surface area contributed by atoms with Gasteiger partial charge in [0.25, 0.3) is 0 Å². The van der Waals surface area contributed by atoms with Gasteiger partial charge in [-0.05, 0) is 31.6 Å². The molecular weight excluding hydrogens is 264 g/mol. The molecule has 2 fully saturated rings. The lowest BCUT2D eigenvalue weighted by Gasteiger charge is -2.43. The molecule has 0 aromatic carbocycles. The van der Waals surface area contributed by atoms with Crippen LogP contribution in [0.2, 0.25) is 0 Å². The molecule has 0 aromatic heterocycles. The van der Waals surface area contributed by atoms with Crippen LogP contribution in [0.5, 0.6) is 0 Å². The Morgan fingerprint density at radius 3 is 2.63 bits per heavy atom. The highest BCUT2D eigenvalue weighted by molar-refractivity contribution is 7.91. The lowest BCUT2D eigenvalue weighted by molar-refractivity contribution is 0.128. The molecule has 2 aliphatic rings. The summed E-state index contributed by atoms with van der Waals surface area (Å²) in [5.74, 6) is 0.664. The minimum Gasteiger partial charge on any atom is -0.396 e. The Bertz CT molecular complexity index is 399. The van der Waals surface area contributed by atoms with Crippen LogP contribution >= 0.6 is 0 Å². The van der Waals surface area contributed by atoms with E-state index in [-0.39, 0.29) is 30.1 Å². The third-order valence-corrected chi connectivity index (χ3v) is 6.54. The summed E-state index contributed by atoms with van der Waals surface area (Å²) in [6.45, 7) is 0.520. The van der Waals surface area contributed by atoms with Crippen molar-refractivity contribution in [2.24, 2.45) is 11.7 Å². The van der Waals surface area contributed by atoms with Crippen molar-refractivity contribution in [2.75, 3.05) is 24.7 Å². The van der Waals surface area contributed by atoms with Crippen molar-refractivity contribution < 1.29 is 13.5 Å². The van der Waals surface area contributed by atoms with Crippen molar-refractivity contribution in [3.63, 3.8) is 0 Å². The van der Waals surface area contributed by atoms with E-state index in [4.69, 9.17) is 5.73 Å². The number of nitrogens with two attached hydrogens (primary N) is 1. The molecule has 0 radical (unpaired) electrons. The van der Waals surface area contributed by atoms with Gasteiger partial charge in [-0.2, -0.15) is 0 Å². The first-order valence-electron chi connectivity index (χ1n) is 7.29. The maximum absolute atomic E-state index is 11.9. The predicted octanol–water partition coefficient (Wildman–Crippen LogP) is 0.0332. The van der Waals surface area contributed by atoms with Gasteiger partial charge in [0.2, 0.25) is 0 Å². The zero-order valence-electron chi connectivity index (χ0n) is 11.5. The number of aliphatic hydroxyl groups is 1. The Hall–Kier alpha value is -0.170. The summed E-state index contributed by atoms with van der Waals surface area (Å²) >= 11 is 0. The number of rotatable bonds is 4. The van der Waals surface area contributed by atoms with E-state index >= 15 is 0 Å². The maximum Gasteiger partial charge on any atom is 0.152 e. The van der Waals surface area contributed by atoms with E-state index in [1.165, 1.54) is 0 Å². The molecule has 2 rings (SSSR count). The normalized spacial score (nSPS) is 39.1. The molecule has 0 spiro atoms. The third kappa shape index (κ3) is 3.68. The molecule has 1 aliphatic carbocycles. The quantitative estimate of drug-likeness (QED) is 0.679. The number of hydrogen-bond acceptors (Lipinski definition) is 5. The van der Waals surface area contributed by atoms with Gasteiger partial charge in [-0.25, -0.2) is 8.42 Å². The fraction of sp³-hybridized carbons (Fsp3) is 1.00. The maximum atomic E-state index is 11.9. The van der Waals surface area contributed by atoms with Crippen LogP contribution in [0, 0.1) is 5.92 Å². The monoisotopic (exact) mass is 290 g/mol. The Balaban J connectivity index is 2.09. The summed E-state index contributed by atoms with van der Waals surface area (Å²) in [5.41, 5.74) is 5.39. The van der Waals surface area contributed by atoms with Crippen LogP contribution in [0.15, 0.2) is 0 Å². The van der Waals surface area contributed by atoms with E-state index in [1.807, 2.05) is 0 Å². The molecule has 0 bridgehead atoms. The van der Waals surface area contributed by atoms with Crippen molar-refractivity contribution in [2.45, 2.75) is 50.1 Å². The highest BCUT2D eigenvalue weighted by atomic mass is 32.2. The van der Waals surface area contributed by atoms with Gasteiger partial charge in [0.1, 0.15) is 0 Å². The van der Waals surface area contributed by atoms with Gasteiger partial charge < -0.3 is 16.2 Å². The average molecular weight is 290 g/mol. The highest BCUT2D eigenvalue weighted by Crippen LogP contribution is 2.29. The Morgan fingerprint density at radius 1 is 1.26 bits per heavy atom. The molecule has 5 nitrogen and oxygen atoms in total. The molecule has 3 atom stereocenters. The number of hydrogen-bond donors (Lipinski definition) is 3. The first kappa shape index (κ1) is 15.2. The molecule has 6 heteroatoms.